The summed E-state index contributed by atoms with van der Waals surface area (Å²) in [6.45, 7) is 1.93. The van der Waals surface area contributed by atoms with E-state index in [2.05, 4.69) is 5.32 Å². The number of carbonyl (C=O) groups is 2. The molecule has 11 heteroatoms. The van der Waals surface area contributed by atoms with Gasteiger partial charge in [0.15, 0.2) is 29.1 Å². The largest absolute Gasteiger partial charge is 0.504 e. The number of ether oxygens (including phenoxy) is 3. The van der Waals surface area contributed by atoms with Crippen molar-refractivity contribution in [3.8, 4) is 23.0 Å². The summed E-state index contributed by atoms with van der Waals surface area (Å²) in [6.07, 6.45) is 1.12. The van der Waals surface area contributed by atoms with Crippen molar-refractivity contribution in [3.05, 3.63) is 53.6 Å². The molecule has 11 nitrogen and oxygen atoms in total. The average Bonchev–Trinajstić information content (AvgIpc) is 2.83. The van der Waals surface area contributed by atoms with Crippen LogP contribution in [0, 0.1) is 0 Å². The number of phenols is 4. The maximum Gasteiger partial charge on any atom is 0.331 e. The van der Waals surface area contributed by atoms with Crippen LogP contribution in [0.5, 0.6) is 23.0 Å². The lowest BCUT2D eigenvalue weighted by atomic mass is 10.1. The summed E-state index contributed by atoms with van der Waals surface area (Å²) in [5.74, 6) is -2.74. The SMILES string of the molecule is NCCOCCOCCNC(=O)[C@@H](Cc1ccc(O)c(O)c1)OC(=O)/C=C/c1ccc(O)c(O)c1. The van der Waals surface area contributed by atoms with E-state index in [4.69, 9.17) is 19.9 Å². The van der Waals surface area contributed by atoms with Gasteiger partial charge in [-0.15, -0.1) is 0 Å². The smallest absolute Gasteiger partial charge is 0.331 e. The molecule has 2 aromatic carbocycles. The van der Waals surface area contributed by atoms with Gasteiger partial charge in [-0.25, -0.2) is 4.79 Å². The van der Waals surface area contributed by atoms with Crippen LogP contribution in [0.3, 0.4) is 0 Å². The number of phenolic OH excluding ortho intramolecular Hbond substituents is 4. The Morgan fingerprint density at radius 2 is 1.54 bits per heavy atom. The normalized spacial score (nSPS) is 11.9. The van der Waals surface area contributed by atoms with Crippen molar-refractivity contribution >= 4 is 18.0 Å². The topological polar surface area (TPSA) is 181 Å². The molecule has 0 aliphatic heterocycles. The fraction of sp³-hybridized carbons (Fsp3) is 0.333. The van der Waals surface area contributed by atoms with Gasteiger partial charge in [0.05, 0.1) is 26.4 Å². The third kappa shape index (κ3) is 9.92. The van der Waals surface area contributed by atoms with Crippen LogP contribution in [-0.2, 0) is 30.2 Å². The van der Waals surface area contributed by atoms with Crippen molar-refractivity contribution in [1.82, 2.24) is 5.32 Å². The third-order valence-electron chi connectivity index (χ3n) is 4.60. The predicted octanol–water partition coefficient (Wildman–Crippen LogP) is 0.785. The standard InChI is InChI=1S/C24H30N2O9/c25-7-9-33-11-12-34-10-8-26-24(32)22(15-17-2-5-19(28)21(30)14-17)35-23(31)6-3-16-1-4-18(27)20(29)13-16/h1-6,13-14,22,27-30H,7-12,15,25H2,(H,26,32)/b6-3+/t22-/m1/s1. The van der Waals surface area contributed by atoms with Crippen molar-refractivity contribution in [2.75, 3.05) is 39.5 Å². The van der Waals surface area contributed by atoms with Crippen molar-refractivity contribution < 1.29 is 44.2 Å². The van der Waals surface area contributed by atoms with E-state index in [9.17, 15) is 30.0 Å². The summed E-state index contributed by atoms with van der Waals surface area (Å²) >= 11 is 0. The molecule has 7 N–H and O–H groups in total. The molecule has 2 aromatic rings. The zero-order valence-electron chi connectivity index (χ0n) is 19.1. The Morgan fingerprint density at radius 3 is 2.20 bits per heavy atom. The Bertz CT molecular complexity index is 1010. The monoisotopic (exact) mass is 490 g/mol. The number of nitrogens with two attached hydrogens (primary N) is 1. The van der Waals surface area contributed by atoms with Crippen LogP contribution in [0.1, 0.15) is 11.1 Å². The Hall–Kier alpha value is -3.80. The number of amides is 1. The quantitative estimate of drug-likeness (QED) is 0.0958. The van der Waals surface area contributed by atoms with Gasteiger partial charge in [0.2, 0.25) is 0 Å². The molecule has 0 radical (unpaired) electrons. The van der Waals surface area contributed by atoms with Crippen LogP contribution in [0.25, 0.3) is 6.08 Å². The number of aromatic hydroxyl groups is 4. The van der Waals surface area contributed by atoms with Gasteiger partial charge in [-0.3, -0.25) is 4.79 Å². The molecule has 35 heavy (non-hydrogen) atoms. The first-order chi connectivity index (χ1) is 16.8. The molecule has 1 atom stereocenters. The summed E-state index contributed by atoms with van der Waals surface area (Å²) in [4.78, 5) is 25.0. The van der Waals surface area contributed by atoms with Crippen LogP contribution in [-0.4, -0.2) is 77.9 Å². The molecule has 0 heterocycles. The second kappa shape index (κ2) is 14.5. The lowest BCUT2D eigenvalue weighted by Crippen LogP contribution is -2.40. The van der Waals surface area contributed by atoms with Crippen LogP contribution >= 0.6 is 0 Å². The Morgan fingerprint density at radius 1 is 0.886 bits per heavy atom. The lowest BCUT2D eigenvalue weighted by Gasteiger charge is -2.17. The maximum absolute atomic E-state index is 12.7. The van der Waals surface area contributed by atoms with Crippen LogP contribution in [0.2, 0.25) is 0 Å². The van der Waals surface area contributed by atoms with Gasteiger partial charge in [-0.05, 0) is 41.5 Å². The molecular weight excluding hydrogens is 460 g/mol. The second-order valence-corrected chi connectivity index (χ2v) is 7.34. The van der Waals surface area contributed by atoms with Gasteiger partial charge in [-0.1, -0.05) is 12.1 Å². The van der Waals surface area contributed by atoms with E-state index in [0.717, 1.165) is 6.08 Å². The van der Waals surface area contributed by atoms with Crippen molar-refractivity contribution in [1.29, 1.82) is 0 Å². The van der Waals surface area contributed by atoms with Crippen molar-refractivity contribution in [2.45, 2.75) is 12.5 Å². The van der Waals surface area contributed by atoms with Crippen LogP contribution in [0.4, 0.5) is 0 Å². The number of esters is 1. The van der Waals surface area contributed by atoms with Crippen LogP contribution in [0.15, 0.2) is 42.5 Å². The second-order valence-electron chi connectivity index (χ2n) is 7.34. The molecule has 1 amide bonds. The van der Waals surface area contributed by atoms with Gasteiger partial charge in [0.1, 0.15) is 0 Å². The molecule has 0 aromatic heterocycles. The van der Waals surface area contributed by atoms with Crippen molar-refractivity contribution in [3.63, 3.8) is 0 Å². The fourth-order valence-corrected chi connectivity index (χ4v) is 2.85. The molecule has 0 saturated heterocycles. The Kier molecular flexibility index (Phi) is 11.3. The number of hydrogen-bond donors (Lipinski definition) is 6. The number of nitrogens with one attached hydrogen (secondary N) is 1. The van der Waals surface area contributed by atoms with E-state index in [1.54, 1.807) is 0 Å². The number of hydrogen-bond acceptors (Lipinski definition) is 10. The Labute approximate surface area is 202 Å². The van der Waals surface area contributed by atoms with Crippen molar-refractivity contribution in [2.24, 2.45) is 5.73 Å². The molecule has 0 spiro atoms. The molecular formula is C24H30N2O9. The summed E-state index contributed by atoms with van der Waals surface area (Å²) < 4.78 is 15.8. The highest BCUT2D eigenvalue weighted by atomic mass is 16.5. The van der Waals surface area contributed by atoms with E-state index < -0.39 is 18.0 Å². The van der Waals surface area contributed by atoms with Gasteiger partial charge >= 0.3 is 5.97 Å². The number of benzene rings is 2. The average molecular weight is 491 g/mol. The first-order valence-electron chi connectivity index (χ1n) is 10.8. The van der Waals surface area contributed by atoms with Gasteiger partial charge < -0.3 is 45.7 Å². The molecule has 0 saturated carbocycles. The minimum absolute atomic E-state index is 0.0625. The molecule has 0 aliphatic carbocycles. The van der Waals surface area contributed by atoms with Gasteiger partial charge in [0.25, 0.3) is 5.91 Å². The molecule has 0 fully saturated rings. The molecule has 0 unspecified atom stereocenters. The third-order valence-corrected chi connectivity index (χ3v) is 4.60. The molecule has 2 rings (SSSR count). The molecule has 0 bridgehead atoms. The van der Waals surface area contributed by atoms with E-state index in [-0.39, 0.29) is 42.6 Å². The van der Waals surface area contributed by atoms with E-state index in [0.29, 0.717) is 37.5 Å². The summed E-state index contributed by atoms with van der Waals surface area (Å²) in [5.41, 5.74) is 6.20. The highest BCUT2D eigenvalue weighted by molar-refractivity contribution is 5.90. The fourth-order valence-electron chi connectivity index (χ4n) is 2.85. The first kappa shape index (κ1) is 27.4. The summed E-state index contributed by atoms with van der Waals surface area (Å²) in [7, 11) is 0. The minimum Gasteiger partial charge on any atom is -0.504 e. The zero-order valence-corrected chi connectivity index (χ0v) is 19.1. The summed E-state index contributed by atoms with van der Waals surface area (Å²) in [6, 6.07) is 8.01. The lowest BCUT2D eigenvalue weighted by molar-refractivity contribution is -0.151. The highest BCUT2D eigenvalue weighted by Crippen LogP contribution is 2.26. The maximum atomic E-state index is 12.7. The van der Waals surface area contributed by atoms with E-state index in [1.807, 2.05) is 0 Å². The Balaban J connectivity index is 1.97. The molecule has 190 valence electrons. The van der Waals surface area contributed by atoms with E-state index in [1.165, 1.54) is 42.5 Å². The number of carbonyl (C=O) groups excluding carboxylic acids is 2. The van der Waals surface area contributed by atoms with Gasteiger partial charge in [0, 0.05) is 25.6 Å². The molecule has 0 aliphatic rings. The van der Waals surface area contributed by atoms with Crippen LogP contribution < -0.4 is 11.1 Å². The first-order valence-corrected chi connectivity index (χ1v) is 10.8. The van der Waals surface area contributed by atoms with Gasteiger partial charge in [-0.2, -0.15) is 0 Å². The highest BCUT2D eigenvalue weighted by Gasteiger charge is 2.23. The zero-order chi connectivity index (χ0) is 25.6. The minimum atomic E-state index is -1.24. The number of rotatable bonds is 14. The summed E-state index contributed by atoms with van der Waals surface area (Å²) in [5, 5.41) is 40.8. The van der Waals surface area contributed by atoms with E-state index >= 15 is 0 Å². The predicted molar refractivity (Wildman–Crippen MR) is 126 cm³/mol.